The van der Waals surface area contributed by atoms with Crippen LogP contribution in [-0.2, 0) is 14.4 Å². The smallest absolute Gasteiger partial charge is 0.300 e. The van der Waals surface area contributed by atoms with E-state index in [4.69, 9.17) is 45.3 Å². The van der Waals surface area contributed by atoms with Crippen molar-refractivity contribution in [2.75, 3.05) is 6.61 Å². The normalized spacial score (nSPS) is 15.2. The van der Waals surface area contributed by atoms with Crippen LogP contribution < -0.4 is 0 Å². The molecule has 0 rings (SSSR count). The number of carboxylic acid groups (broad SMARTS) is 2. The van der Waals surface area contributed by atoms with Gasteiger partial charge in [0.1, 0.15) is 24.4 Å². The van der Waals surface area contributed by atoms with Gasteiger partial charge in [-0.05, 0) is 0 Å². The molecule has 10 nitrogen and oxygen atoms in total. The number of aliphatic hydroxyl groups excluding tert-OH is 5. The zero-order valence-electron chi connectivity index (χ0n) is 10.9. The molecular formula is C10H20O10. The van der Waals surface area contributed by atoms with Crippen molar-refractivity contribution in [1.29, 1.82) is 0 Å². The van der Waals surface area contributed by atoms with Gasteiger partial charge < -0.3 is 40.5 Å². The molecule has 0 aromatic rings. The van der Waals surface area contributed by atoms with Crippen molar-refractivity contribution in [1.82, 2.24) is 0 Å². The third kappa shape index (κ3) is 18.8. The third-order valence-corrected chi connectivity index (χ3v) is 1.42. The van der Waals surface area contributed by atoms with Crippen LogP contribution in [0.25, 0.3) is 0 Å². The lowest BCUT2D eigenvalue weighted by atomic mass is 10.0. The second kappa shape index (κ2) is 13.8. The first-order valence-electron chi connectivity index (χ1n) is 5.18. The van der Waals surface area contributed by atoms with Crippen molar-refractivity contribution < 1.29 is 50.1 Å². The molecule has 0 amide bonds. The highest BCUT2D eigenvalue weighted by molar-refractivity contribution is 5.63. The van der Waals surface area contributed by atoms with Crippen LogP contribution in [0.1, 0.15) is 13.8 Å². The van der Waals surface area contributed by atoms with Crippen molar-refractivity contribution in [3.8, 4) is 0 Å². The molecule has 0 unspecified atom stereocenters. The zero-order valence-corrected chi connectivity index (χ0v) is 10.9. The summed E-state index contributed by atoms with van der Waals surface area (Å²) in [5.41, 5.74) is 0. The van der Waals surface area contributed by atoms with Gasteiger partial charge in [-0.15, -0.1) is 0 Å². The van der Waals surface area contributed by atoms with Crippen molar-refractivity contribution in [3.63, 3.8) is 0 Å². The van der Waals surface area contributed by atoms with Crippen LogP contribution in [0.15, 0.2) is 0 Å². The molecule has 0 aliphatic rings. The Kier molecular flexibility index (Phi) is 16.3. The lowest BCUT2D eigenvalue weighted by Crippen LogP contribution is -2.46. The minimum absolute atomic E-state index is 0.0258. The Balaban J connectivity index is -0.000000297. The maximum Gasteiger partial charge on any atom is 0.300 e. The van der Waals surface area contributed by atoms with E-state index >= 15 is 0 Å². The molecule has 0 bridgehead atoms. The highest BCUT2D eigenvalue weighted by atomic mass is 16.4. The number of carbonyl (C=O) groups is 3. The van der Waals surface area contributed by atoms with Crippen molar-refractivity contribution in [3.05, 3.63) is 0 Å². The number of hydrogen-bond acceptors (Lipinski definition) is 8. The van der Waals surface area contributed by atoms with Gasteiger partial charge in [-0.25, -0.2) is 0 Å². The van der Waals surface area contributed by atoms with E-state index in [1.54, 1.807) is 0 Å². The largest absolute Gasteiger partial charge is 0.481 e. The molecule has 7 N–H and O–H groups in total. The van der Waals surface area contributed by atoms with E-state index in [2.05, 4.69) is 0 Å². The number of rotatable bonds is 5. The first-order chi connectivity index (χ1) is 9.00. The molecule has 0 aliphatic carbocycles. The van der Waals surface area contributed by atoms with Crippen LogP contribution in [0.2, 0.25) is 0 Å². The van der Waals surface area contributed by atoms with Crippen molar-refractivity contribution >= 4 is 18.2 Å². The van der Waals surface area contributed by atoms with Crippen LogP contribution in [0, 0.1) is 0 Å². The van der Waals surface area contributed by atoms with E-state index in [0.717, 1.165) is 13.8 Å². The van der Waals surface area contributed by atoms with Gasteiger partial charge in [0.2, 0.25) is 0 Å². The summed E-state index contributed by atoms with van der Waals surface area (Å²) in [6.45, 7) is 1.41. The quantitative estimate of drug-likeness (QED) is 0.254. The van der Waals surface area contributed by atoms with Crippen molar-refractivity contribution in [2.24, 2.45) is 0 Å². The summed E-state index contributed by atoms with van der Waals surface area (Å²) in [4.78, 5) is 27.9. The van der Waals surface area contributed by atoms with Crippen molar-refractivity contribution in [2.45, 2.75) is 38.3 Å². The van der Waals surface area contributed by atoms with Gasteiger partial charge in [0.05, 0.1) is 6.61 Å². The number of aliphatic hydroxyl groups is 5. The molecule has 0 spiro atoms. The molecule has 0 saturated heterocycles. The average molecular weight is 300 g/mol. The molecule has 120 valence electrons. The summed E-state index contributed by atoms with van der Waals surface area (Å²) in [5, 5.41) is 58.4. The Morgan fingerprint density at radius 2 is 1.25 bits per heavy atom. The number of hydrogen-bond donors (Lipinski definition) is 7. The Morgan fingerprint density at radius 3 is 1.45 bits per heavy atom. The fourth-order valence-corrected chi connectivity index (χ4v) is 0.618. The Labute approximate surface area is 114 Å². The summed E-state index contributed by atoms with van der Waals surface area (Å²) >= 11 is 0. The molecule has 0 aliphatic heterocycles. The Morgan fingerprint density at radius 1 is 0.950 bits per heavy atom. The molecule has 0 radical (unpaired) electrons. The number of aldehydes is 1. The topological polar surface area (TPSA) is 193 Å². The summed E-state index contributed by atoms with van der Waals surface area (Å²) < 4.78 is 0. The monoisotopic (exact) mass is 300 g/mol. The predicted octanol–water partition coefficient (Wildman–Crippen LogP) is -3.20. The van der Waals surface area contributed by atoms with E-state index < -0.39 is 43.0 Å². The third-order valence-electron chi connectivity index (χ3n) is 1.42. The lowest BCUT2D eigenvalue weighted by Gasteiger charge is -2.22. The fraction of sp³-hybridized carbons (Fsp3) is 0.700. The van der Waals surface area contributed by atoms with Crippen LogP contribution in [0.4, 0.5) is 0 Å². The molecule has 10 heteroatoms. The highest BCUT2D eigenvalue weighted by Crippen LogP contribution is 2.02. The van der Waals surface area contributed by atoms with Gasteiger partial charge in [0, 0.05) is 13.8 Å². The van der Waals surface area contributed by atoms with E-state index in [1.807, 2.05) is 0 Å². The first kappa shape index (κ1) is 23.5. The summed E-state index contributed by atoms with van der Waals surface area (Å²) in [6.07, 6.45) is -6.84. The van der Waals surface area contributed by atoms with Gasteiger partial charge in [-0.1, -0.05) is 0 Å². The van der Waals surface area contributed by atoms with Crippen LogP contribution in [-0.4, -0.2) is 85.0 Å². The molecular weight excluding hydrogens is 280 g/mol. The van der Waals surface area contributed by atoms with Gasteiger partial charge in [0.25, 0.3) is 11.9 Å². The summed E-state index contributed by atoms with van der Waals surface area (Å²) in [7, 11) is 0. The van der Waals surface area contributed by atoms with Crippen LogP contribution in [0.5, 0.6) is 0 Å². The predicted molar refractivity (Wildman–Crippen MR) is 63.8 cm³/mol. The SMILES string of the molecule is CC(=O)O.CC(=O)O.O=C[C@H](O)[C@@H](O)[C@@H](O)[C@H](O)CO. The number of aliphatic carboxylic acids is 2. The molecule has 0 saturated carbocycles. The maximum atomic E-state index is 9.90. The summed E-state index contributed by atoms with van der Waals surface area (Å²) in [5.74, 6) is -1.67. The van der Waals surface area contributed by atoms with Gasteiger partial charge in [-0.2, -0.15) is 0 Å². The number of carboxylic acids is 2. The summed E-state index contributed by atoms with van der Waals surface area (Å²) in [6, 6.07) is 0. The molecule has 0 aromatic carbocycles. The fourth-order valence-electron chi connectivity index (χ4n) is 0.618. The van der Waals surface area contributed by atoms with Crippen LogP contribution >= 0.6 is 0 Å². The molecule has 4 atom stereocenters. The molecule has 0 aromatic heterocycles. The minimum atomic E-state index is -1.79. The van der Waals surface area contributed by atoms with E-state index in [-0.39, 0.29) is 6.29 Å². The second-order valence-corrected chi connectivity index (χ2v) is 3.40. The van der Waals surface area contributed by atoms with Gasteiger partial charge in [0.15, 0.2) is 6.29 Å². The van der Waals surface area contributed by atoms with E-state index in [9.17, 15) is 4.79 Å². The van der Waals surface area contributed by atoms with Gasteiger partial charge in [-0.3, -0.25) is 9.59 Å². The standard InChI is InChI=1S/C6H12O6.2C2H4O2/c7-1-3(9)5(11)6(12)4(10)2-8;2*1-2(3)4/h1,3-6,8-12H,2H2;2*1H3,(H,3,4)/t3-,4+,5+,6-;;/m0../s1. The maximum absolute atomic E-state index is 9.90. The Bertz CT molecular complexity index is 259. The molecule has 0 heterocycles. The minimum Gasteiger partial charge on any atom is -0.481 e. The van der Waals surface area contributed by atoms with Crippen LogP contribution in [0.3, 0.4) is 0 Å². The van der Waals surface area contributed by atoms with E-state index in [1.165, 1.54) is 0 Å². The number of carbonyl (C=O) groups excluding carboxylic acids is 1. The second-order valence-electron chi connectivity index (χ2n) is 3.40. The van der Waals surface area contributed by atoms with E-state index in [0.29, 0.717) is 0 Å². The molecule has 0 fully saturated rings. The Hall–Kier alpha value is -1.59. The first-order valence-corrected chi connectivity index (χ1v) is 5.18. The average Bonchev–Trinajstić information content (AvgIpc) is 2.33. The lowest BCUT2D eigenvalue weighted by molar-refractivity contribution is -0.136. The zero-order chi connectivity index (χ0) is 16.9. The van der Waals surface area contributed by atoms with Gasteiger partial charge >= 0.3 is 0 Å². The molecule has 20 heavy (non-hydrogen) atoms. The highest BCUT2D eigenvalue weighted by Gasteiger charge is 2.29.